The molecule has 0 aliphatic carbocycles. The molecule has 25 heavy (non-hydrogen) atoms. The van der Waals surface area contributed by atoms with Gasteiger partial charge in [0.2, 0.25) is 0 Å². The Morgan fingerprint density at radius 2 is 1.52 bits per heavy atom. The molecular formula is C20H18N2O3. The summed E-state index contributed by atoms with van der Waals surface area (Å²) in [6.45, 7) is 0.855. The highest BCUT2D eigenvalue weighted by molar-refractivity contribution is 6.04. The van der Waals surface area contributed by atoms with Crippen molar-refractivity contribution < 1.29 is 14.3 Å². The molecular weight excluding hydrogens is 316 g/mol. The summed E-state index contributed by atoms with van der Waals surface area (Å²) in [5.74, 6) is 1.29. The molecule has 0 bridgehead atoms. The molecule has 0 spiro atoms. The molecule has 0 fully saturated rings. The molecule has 5 nitrogen and oxygen atoms in total. The second kappa shape index (κ2) is 8.49. The Bertz CT molecular complexity index is 807. The van der Waals surface area contributed by atoms with Crippen molar-refractivity contribution in [2.75, 3.05) is 18.5 Å². The molecule has 3 rings (SSSR count). The largest absolute Gasteiger partial charge is 0.490 e. The number of benzene rings is 2. The third-order valence-corrected chi connectivity index (χ3v) is 3.40. The maximum atomic E-state index is 12.1. The van der Waals surface area contributed by atoms with E-state index in [1.165, 1.54) is 0 Å². The normalized spacial score (nSPS) is 10.1. The molecule has 0 saturated heterocycles. The number of carbonyl (C=O) groups excluding carboxylic acids is 1. The molecule has 0 aliphatic heterocycles. The molecule has 2 aromatic carbocycles. The third kappa shape index (κ3) is 5.07. The topological polar surface area (TPSA) is 60.5 Å². The number of carbonyl (C=O) groups is 1. The Balaban J connectivity index is 1.50. The van der Waals surface area contributed by atoms with Gasteiger partial charge in [-0.3, -0.25) is 9.78 Å². The average molecular weight is 334 g/mol. The summed E-state index contributed by atoms with van der Waals surface area (Å²) >= 11 is 0. The lowest BCUT2D eigenvalue weighted by Crippen LogP contribution is -2.12. The lowest BCUT2D eigenvalue weighted by Gasteiger charge is -2.10. The molecule has 0 atom stereocenters. The summed E-state index contributed by atoms with van der Waals surface area (Å²) in [6.07, 6.45) is 3.17. The van der Waals surface area contributed by atoms with Gasteiger partial charge < -0.3 is 14.8 Å². The van der Waals surface area contributed by atoms with Gasteiger partial charge in [0.1, 0.15) is 24.7 Å². The molecule has 0 aliphatic rings. The number of nitrogens with zero attached hydrogens (tertiary/aromatic N) is 1. The van der Waals surface area contributed by atoms with Gasteiger partial charge in [-0.05, 0) is 36.4 Å². The molecule has 1 N–H and O–H groups in total. The second-order valence-electron chi connectivity index (χ2n) is 5.23. The molecule has 126 valence electrons. The van der Waals surface area contributed by atoms with Crippen molar-refractivity contribution in [1.29, 1.82) is 0 Å². The van der Waals surface area contributed by atoms with E-state index >= 15 is 0 Å². The Labute approximate surface area is 146 Å². The zero-order valence-electron chi connectivity index (χ0n) is 13.6. The first-order valence-electron chi connectivity index (χ1n) is 7.93. The van der Waals surface area contributed by atoms with E-state index in [1.54, 1.807) is 30.6 Å². The van der Waals surface area contributed by atoms with E-state index in [4.69, 9.17) is 9.47 Å². The fourth-order valence-corrected chi connectivity index (χ4v) is 2.21. The Kier molecular flexibility index (Phi) is 5.61. The molecule has 1 amide bonds. The predicted octanol–water partition coefficient (Wildman–Crippen LogP) is 3.79. The minimum Gasteiger partial charge on any atom is -0.490 e. The van der Waals surface area contributed by atoms with Gasteiger partial charge in [0.25, 0.3) is 5.91 Å². The fourth-order valence-electron chi connectivity index (χ4n) is 2.21. The van der Waals surface area contributed by atoms with Crippen LogP contribution in [0.1, 0.15) is 10.4 Å². The van der Waals surface area contributed by atoms with Crippen LogP contribution in [0.2, 0.25) is 0 Å². The number of pyridine rings is 1. The molecule has 0 saturated carbocycles. The van der Waals surface area contributed by atoms with Crippen molar-refractivity contribution >= 4 is 11.6 Å². The zero-order valence-corrected chi connectivity index (χ0v) is 13.6. The van der Waals surface area contributed by atoms with Crippen molar-refractivity contribution in [1.82, 2.24) is 4.98 Å². The zero-order chi connectivity index (χ0) is 17.3. The van der Waals surface area contributed by atoms with Crippen LogP contribution in [0.4, 0.5) is 5.69 Å². The van der Waals surface area contributed by atoms with Gasteiger partial charge in [0.15, 0.2) is 0 Å². The van der Waals surface area contributed by atoms with Crippen molar-refractivity contribution in [2.45, 2.75) is 0 Å². The predicted molar refractivity (Wildman–Crippen MR) is 96.1 cm³/mol. The Morgan fingerprint density at radius 1 is 0.840 bits per heavy atom. The first-order valence-corrected chi connectivity index (χ1v) is 7.93. The quantitative estimate of drug-likeness (QED) is 0.668. The van der Waals surface area contributed by atoms with Crippen molar-refractivity contribution in [3.05, 3.63) is 84.7 Å². The fraction of sp³-hybridized carbons (Fsp3) is 0.100. The van der Waals surface area contributed by atoms with E-state index in [2.05, 4.69) is 10.3 Å². The average Bonchev–Trinajstić information content (AvgIpc) is 2.67. The van der Waals surface area contributed by atoms with Gasteiger partial charge in [0.05, 0.1) is 0 Å². The molecule has 3 aromatic rings. The molecule has 5 heteroatoms. The Hall–Kier alpha value is -3.34. The highest BCUT2D eigenvalue weighted by Gasteiger charge is 2.06. The van der Waals surface area contributed by atoms with Gasteiger partial charge in [0, 0.05) is 29.7 Å². The van der Waals surface area contributed by atoms with Gasteiger partial charge in [-0.1, -0.05) is 24.3 Å². The summed E-state index contributed by atoms with van der Waals surface area (Å²) < 4.78 is 11.2. The van der Waals surface area contributed by atoms with Crippen LogP contribution in [0, 0.1) is 0 Å². The van der Waals surface area contributed by atoms with Crippen LogP contribution in [0.3, 0.4) is 0 Å². The van der Waals surface area contributed by atoms with Crippen LogP contribution >= 0.6 is 0 Å². The molecule has 1 aromatic heterocycles. The summed E-state index contributed by atoms with van der Waals surface area (Å²) in [7, 11) is 0. The van der Waals surface area contributed by atoms with E-state index in [0.29, 0.717) is 30.2 Å². The van der Waals surface area contributed by atoms with E-state index in [9.17, 15) is 4.79 Å². The number of amides is 1. The smallest absolute Gasteiger partial charge is 0.255 e. The van der Waals surface area contributed by atoms with Crippen LogP contribution in [0.25, 0.3) is 0 Å². The van der Waals surface area contributed by atoms with Crippen molar-refractivity contribution in [2.24, 2.45) is 0 Å². The molecule has 0 unspecified atom stereocenters. The monoisotopic (exact) mass is 334 g/mol. The van der Waals surface area contributed by atoms with E-state index < -0.39 is 0 Å². The van der Waals surface area contributed by atoms with Gasteiger partial charge in [-0.15, -0.1) is 0 Å². The molecule has 0 radical (unpaired) electrons. The first-order chi connectivity index (χ1) is 12.3. The second-order valence-corrected chi connectivity index (χ2v) is 5.23. The van der Waals surface area contributed by atoms with Gasteiger partial charge in [-0.25, -0.2) is 0 Å². The van der Waals surface area contributed by atoms with Crippen LogP contribution in [0.15, 0.2) is 79.1 Å². The van der Waals surface area contributed by atoms with Gasteiger partial charge in [-0.2, -0.15) is 0 Å². The van der Waals surface area contributed by atoms with Crippen molar-refractivity contribution in [3.63, 3.8) is 0 Å². The number of hydrogen-bond donors (Lipinski definition) is 1. The van der Waals surface area contributed by atoms with Crippen LogP contribution in [-0.2, 0) is 0 Å². The van der Waals surface area contributed by atoms with Crippen LogP contribution in [-0.4, -0.2) is 24.1 Å². The summed E-state index contributed by atoms with van der Waals surface area (Å²) in [6, 6.07) is 20.2. The standard InChI is InChI=1S/C20H18N2O3/c23-20(16-9-11-21-12-10-16)22-17-5-4-8-19(15-17)25-14-13-24-18-6-2-1-3-7-18/h1-12,15H,13-14H2,(H,22,23). The summed E-state index contributed by atoms with van der Waals surface area (Å²) in [5.41, 5.74) is 1.22. The number of aromatic nitrogens is 1. The van der Waals surface area contributed by atoms with E-state index in [-0.39, 0.29) is 5.91 Å². The number of para-hydroxylation sites is 1. The minimum absolute atomic E-state index is 0.188. The number of rotatable bonds is 7. The van der Waals surface area contributed by atoms with E-state index in [0.717, 1.165) is 5.75 Å². The number of anilines is 1. The Morgan fingerprint density at radius 3 is 2.28 bits per heavy atom. The van der Waals surface area contributed by atoms with Crippen LogP contribution < -0.4 is 14.8 Å². The number of nitrogens with one attached hydrogen (secondary N) is 1. The highest BCUT2D eigenvalue weighted by atomic mass is 16.5. The maximum absolute atomic E-state index is 12.1. The summed E-state index contributed by atoms with van der Waals surface area (Å²) in [5, 5.41) is 2.84. The van der Waals surface area contributed by atoms with Crippen LogP contribution in [0.5, 0.6) is 11.5 Å². The lowest BCUT2D eigenvalue weighted by molar-refractivity contribution is 0.102. The highest BCUT2D eigenvalue weighted by Crippen LogP contribution is 2.18. The first kappa shape index (κ1) is 16.5. The minimum atomic E-state index is -0.188. The number of hydrogen-bond acceptors (Lipinski definition) is 4. The lowest BCUT2D eigenvalue weighted by atomic mass is 10.2. The van der Waals surface area contributed by atoms with E-state index in [1.807, 2.05) is 48.5 Å². The van der Waals surface area contributed by atoms with Gasteiger partial charge >= 0.3 is 0 Å². The maximum Gasteiger partial charge on any atom is 0.255 e. The summed E-state index contributed by atoms with van der Waals surface area (Å²) in [4.78, 5) is 16.0. The molecule has 1 heterocycles. The number of ether oxygens (including phenoxy) is 2. The van der Waals surface area contributed by atoms with Crippen molar-refractivity contribution in [3.8, 4) is 11.5 Å². The SMILES string of the molecule is O=C(Nc1cccc(OCCOc2ccccc2)c1)c1ccncc1. The third-order valence-electron chi connectivity index (χ3n) is 3.40.